The lowest BCUT2D eigenvalue weighted by molar-refractivity contribution is 0.0664. The van der Waals surface area contributed by atoms with Crippen LogP contribution >= 0.6 is 11.8 Å². The molecule has 2 fully saturated rings. The number of amides is 1. The van der Waals surface area contributed by atoms with Gasteiger partial charge in [0.2, 0.25) is 0 Å². The Balaban J connectivity index is 1.14. The molecule has 2 saturated heterocycles. The summed E-state index contributed by atoms with van der Waals surface area (Å²) in [6, 6.07) is 28.7. The van der Waals surface area contributed by atoms with Gasteiger partial charge in [-0.05, 0) is 49.0 Å². The van der Waals surface area contributed by atoms with Crippen LogP contribution in [0, 0.1) is 0 Å². The lowest BCUT2D eigenvalue weighted by Crippen LogP contribution is -2.47. The van der Waals surface area contributed by atoms with Crippen molar-refractivity contribution < 1.29 is 9.53 Å². The van der Waals surface area contributed by atoms with E-state index in [1.54, 1.807) is 18.9 Å². The number of aromatic nitrogens is 2. The largest absolute Gasteiger partial charge is 0.497 e. The summed E-state index contributed by atoms with van der Waals surface area (Å²) in [7, 11) is 3.79. The van der Waals surface area contributed by atoms with Crippen LogP contribution in [0.3, 0.4) is 0 Å². The second-order valence-corrected chi connectivity index (χ2v) is 12.0. The zero-order valence-corrected chi connectivity index (χ0v) is 25.7. The maximum absolute atomic E-state index is 13.0. The standard InChI is InChI=1S/C34H38N6O2S/c1-37-16-18-40(19-17-37)33(41)28-10-8-26(9-11-28)25-43-34-35-31(27-6-4-3-5-7-27)24-32(36-34)39-22-20-38(21-23-39)29-12-14-30(42-2)15-13-29/h3-15,24H,16-23,25H2,1-2H3. The normalized spacial score (nSPS) is 15.9. The van der Waals surface area contributed by atoms with Gasteiger partial charge in [-0.2, -0.15) is 0 Å². The Morgan fingerprint density at radius 2 is 1.47 bits per heavy atom. The summed E-state index contributed by atoms with van der Waals surface area (Å²) in [6.45, 7) is 6.99. The highest BCUT2D eigenvalue weighted by Gasteiger charge is 2.22. The van der Waals surface area contributed by atoms with E-state index in [0.29, 0.717) is 0 Å². The third-order valence-electron chi connectivity index (χ3n) is 8.16. The van der Waals surface area contributed by atoms with Crippen molar-refractivity contribution in [1.82, 2.24) is 19.8 Å². The quantitative estimate of drug-likeness (QED) is 0.205. The van der Waals surface area contributed by atoms with Crippen molar-refractivity contribution >= 4 is 29.2 Å². The minimum absolute atomic E-state index is 0.114. The molecule has 6 rings (SSSR count). The molecule has 0 saturated carbocycles. The van der Waals surface area contributed by atoms with Gasteiger partial charge in [0, 0.05) is 81.0 Å². The van der Waals surface area contributed by atoms with Gasteiger partial charge in [0.05, 0.1) is 12.8 Å². The fourth-order valence-electron chi connectivity index (χ4n) is 5.47. The van der Waals surface area contributed by atoms with E-state index >= 15 is 0 Å². The molecule has 43 heavy (non-hydrogen) atoms. The minimum atomic E-state index is 0.114. The molecule has 0 unspecified atom stereocenters. The summed E-state index contributed by atoms with van der Waals surface area (Å²) in [5, 5.41) is 0.756. The van der Waals surface area contributed by atoms with Gasteiger partial charge in [0.15, 0.2) is 5.16 Å². The lowest BCUT2D eigenvalue weighted by Gasteiger charge is -2.37. The second kappa shape index (κ2) is 13.5. The van der Waals surface area contributed by atoms with Gasteiger partial charge in [0.1, 0.15) is 11.6 Å². The van der Waals surface area contributed by atoms with Crippen molar-refractivity contribution in [3.05, 3.63) is 96.1 Å². The summed E-state index contributed by atoms with van der Waals surface area (Å²) in [6.07, 6.45) is 0. The van der Waals surface area contributed by atoms with Crippen LogP contribution in [0.5, 0.6) is 5.75 Å². The predicted molar refractivity (Wildman–Crippen MR) is 174 cm³/mol. The van der Waals surface area contributed by atoms with Crippen molar-refractivity contribution in [2.45, 2.75) is 10.9 Å². The van der Waals surface area contributed by atoms with Gasteiger partial charge in [-0.1, -0.05) is 54.2 Å². The highest BCUT2D eigenvalue weighted by atomic mass is 32.2. The van der Waals surface area contributed by atoms with E-state index in [2.05, 4.69) is 64.2 Å². The summed E-state index contributed by atoms with van der Waals surface area (Å²) in [5.41, 5.74) is 5.11. The predicted octanol–water partition coefficient (Wildman–Crippen LogP) is 5.16. The van der Waals surface area contributed by atoms with Crippen LogP contribution in [0.1, 0.15) is 15.9 Å². The van der Waals surface area contributed by atoms with Crippen LogP contribution in [0.4, 0.5) is 11.5 Å². The first-order valence-corrected chi connectivity index (χ1v) is 15.8. The molecule has 2 aliphatic heterocycles. The number of rotatable bonds is 8. The van der Waals surface area contributed by atoms with Crippen LogP contribution < -0.4 is 14.5 Å². The molecular formula is C34H38N6O2S. The summed E-state index contributed by atoms with van der Waals surface area (Å²) < 4.78 is 5.32. The number of ether oxygens (including phenoxy) is 1. The van der Waals surface area contributed by atoms with E-state index in [1.165, 1.54) is 5.69 Å². The Morgan fingerprint density at radius 1 is 0.791 bits per heavy atom. The van der Waals surface area contributed by atoms with E-state index in [0.717, 1.165) is 97.2 Å². The maximum Gasteiger partial charge on any atom is 0.253 e. The molecule has 0 bridgehead atoms. The van der Waals surface area contributed by atoms with Crippen LogP contribution in [-0.2, 0) is 5.75 Å². The van der Waals surface area contributed by atoms with E-state index < -0.39 is 0 Å². The summed E-state index contributed by atoms with van der Waals surface area (Å²) in [4.78, 5) is 31.9. The smallest absolute Gasteiger partial charge is 0.253 e. The Morgan fingerprint density at radius 3 is 2.14 bits per heavy atom. The van der Waals surface area contributed by atoms with E-state index in [1.807, 2.05) is 47.4 Å². The van der Waals surface area contributed by atoms with Crippen LogP contribution in [0.15, 0.2) is 90.1 Å². The summed E-state index contributed by atoms with van der Waals surface area (Å²) in [5.74, 6) is 2.67. The zero-order chi connectivity index (χ0) is 29.6. The molecule has 1 amide bonds. The maximum atomic E-state index is 13.0. The number of benzene rings is 3. The molecule has 9 heteroatoms. The zero-order valence-electron chi connectivity index (χ0n) is 24.9. The van der Waals surface area contributed by atoms with E-state index in [9.17, 15) is 4.79 Å². The molecule has 3 aromatic carbocycles. The summed E-state index contributed by atoms with van der Waals surface area (Å²) >= 11 is 1.63. The lowest BCUT2D eigenvalue weighted by atomic mass is 10.1. The SMILES string of the molecule is COc1ccc(N2CCN(c3cc(-c4ccccc4)nc(SCc4ccc(C(=O)N5CCN(C)CC5)cc4)n3)CC2)cc1. The fraction of sp³-hybridized carbons (Fsp3) is 0.324. The topological polar surface area (TPSA) is 65.0 Å². The number of methoxy groups -OCH3 is 1. The molecule has 0 atom stereocenters. The number of likely N-dealkylation sites (N-methyl/N-ethyl adjacent to an activating group) is 1. The third kappa shape index (κ3) is 7.12. The van der Waals surface area contributed by atoms with Gasteiger partial charge in [-0.25, -0.2) is 9.97 Å². The Kier molecular flexibility index (Phi) is 9.10. The Bertz CT molecular complexity index is 1500. The molecule has 0 aliphatic carbocycles. The number of carbonyl (C=O) groups is 1. The third-order valence-corrected chi connectivity index (χ3v) is 9.08. The average Bonchev–Trinajstić information content (AvgIpc) is 3.08. The fourth-order valence-corrected chi connectivity index (χ4v) is 6.28. The first kappa shape index (κ1) is 29.0. The molecule has 4 aromatic rings. The van der Waals surface area contributed by atoms with Crippen molar-refractivity contribution in [3.63, 3.8) is 0 Å². The number of hydrogen-bond donors (Lipinski definition) is 0. The monoisotopic (exact) mass is 594 g/mol. The van der Waals surface area contributed by atoms with Crippen molar-refractivity contribution in [2.24, 2.45) is 0 Å². The minimum Gasteiger partial charge on any atom is -0.497 e. The number of hydrogen-bond acceptors (Lipinski definition) is 8. The number of piperazine rings is 2. The van der Waals surface area contributed by atoms with Gasteiger partial charge in [-0.15, -0.1) is 0 Å². The van der Waals surface area contributed by atoms with Gasteiger partial charge >= 0.3 is 0 Å². The number of nitrogens with zero attached hydrogens (tertiary/aromatic N) is 6. The average molecular weight is 595 g/mol. The first-order valence-electron chi connectivity index (χ1n) is 14.8. The molecule has 8 nitrogen and oxygen atoms in total. The Labute approximate surface area is 258 Å². The highest BCUT2D eigenvalue weighted by Crippen LogP contribution is 2.29. The van der Waals surface area contributed by atoms with Gasteiger partial charge in [0.25, 0.3) is 5.91 Å². The second-order valence-electron chi connectivity index (χ2n) is 11.0. The molecule has 222 valence electrons. The van der Waals surface area contributed by atoms with Gasteiger partial charge < -0.3 is 24.3 Å². The van der Waals surface area contributed by atoms with Crippen LogP contribution in [0.25, 0.3) is 11.3 Å². The molecule has 0 radical (unpaired) electrons. The molecule has 0 N–H and O–H groups in total. The van der Waals surface area contributed by atoms with E-state index in [4.69, 9.17) is 14.7 Å². The molecule has 3 heterocycles. The van der Waals surface area contributed by atoms with Crippen LogP contribution in [0.2, 0.25) is 0 Å². The number of anilines is 2. The Hall–Kier alpha value is -4.08. The van der Waals surface area contributed by atoms with Crippen molar-refractivity contribution in [2.75, 3.05) is 76.3 Å². The van der Waals surface area contributed by atoms with Crippen molar-refractivity contribution in [3.8, 4) is 17.0 Å². The molecule has 0 spiro atoms. The molecule has 2 aliphatic rings. The van der Waals surface area contributed by atoms with Crippen molar-refractivity contribution in [1.29, 1.82) is 0 Å². The number of thioether (sulfide) groups is 1. The highest BCUT2D eigenvalue weighted by molar-refractivity contribution is 7.98. The first-order chi connectivity index (χ1) is 21.1. The molecule has 1 aromatic heterocycles. The van der Waals surface area contributed by atoms with Crippen LogP contribution in [-0.4, -0.2) is 92.2 Å². The number of carbonyl (C=O) groups excluding carboxylic acids is 1. The van der Waals surface area contributed by atoms with Gasteiger partial charge in [-0.3, -0.25) is 4.79 Å². The molecular weight excluding hydrogens is 556 g/mol. The van der Waals surface area contributed by atoms with E-state index in [-0.39, 0.29) is 5.91 Å².